The molecule has 132 valence electrons. The van der Waals surface area contributed by atoms with Crippen LogP contribution in [-0.4, -0.2) is 40.4 Å². The van der Waals surface area contributed by atoms with E-state index in [1.54, 1.807) is 11.8 Å². The van der Waals surface area contributed by atoms with Crippen molar-refractivity contribution in [3.05, 3.63) is 0 Å². The summed E-state index contributed by atoms with van der Waals surface area (Å²) in [6.45, 7) is 2.35. The molecular formula is C16H24N4O2S2. The summed E-state index contributed by atoms with van der Waals surface area (Å²) in [7, 11) is 0. The normalized spacial score (nSPS) is 18.4. The number of aromatic nitrogens is 2. The van der Waals surface area contributed by atoms with Crippen LogP contribution in [0.15, 0.2) is 4.34 Å². The highest BCUT2D eigenvalue weighted by Crippen LogP contribution is 2.35. The van der Waals surface area contributed by atoms with Gasteiger partial charge in [-0.25, -0.2) is 0 Å². The van der Waals surface area contributed by atoms with Gasteiger partial charge in [-0.05, 0) is 31.6 Å². The third kappa shape index (κ3) is 4.92. The minimum Gasteiger partial charge on any atom is -0.355 e. The Labute approximate surface area is 150 Å². The van der Waals surface area contributed by atoms with Gasteiger partial charge in [0.25, 0.3) is 0 Å². The third-order valence-corrected chi connectivity index (χ3v) is 6.55. The number of carbonyl (C=O) groups excluding carboxylic acids is 2. The standard InChI is InChI=1S/C16H24N4O2S2/c1-11(21)20(13-7-8-13)15-18-19-16(24-15)23-10-14(22)17-9-12-5-3-2-4-6-12/h12-13H,2-10H2,1H3,(H,17,22). The Morgan fingerprint density at radius 3 is 2.62 bits per heavy atom. The van der Waals surface area contributed by atoms with Crippen molar-refractivity contribution >= 4 is 40.0 Å². The molecule has 0 spiro atoms. The molecule has 0 unspecified atom stereocenters. The maximum atomic E-state index is 12.0. The van der Waals surface area contributed by atoms with Crippen LogP contribution in [0, 0.1) is 5.92 Å². The fraction of sp³-hybridized carbons (Fsp3) is 0.750. The Balaban J connectivity index is 1.43. The molecular weight excluding hydrogens is 344 g/mol. The minimum atomic E-state index is 0.00965. The Bertz CT molecular complexity index is 582. The SMILES string of the molecule is CC(=O)N(c1nnc(SCC(=O)NCC2CCCCC2)s1)C1CC1. The largest absolute Gasteiger partial charge is 0.355 e. The number of carbonyl (C=O) groups is 2. The van der Waals surface area contributed by atoms with E-state index >= 15 is 0 Å². The van der Waals surface area contributed by atoms with Gasteiger partial charge in [-0.2, -0.15) is 0 Å². The Hall–Kier alpha value is -1.15. The van der Waals surface area contributed by atoms with Gasteiger partial charge in [0.05, 0.1) is 5.75 Å². The summed E-state index contributed by atoms with van der Waals surface area (Å²) in [5.74, 6) is 1.05. The Kier molecular flexibility index (Phi) is 6.10. The van der Waals surface area contributed by atoms with E-state index in [1.165, 1.54) is 55.2 Å². The summed E-state index contributed by atoms with van der Waals surface area (Å²) in [5, 5.41) is 11.9. The highest BCUT2D eigenvalue weighted by molar-refractivity contribution is 8.01. The van der Waals surface area contributed by atoms with Gasteiger partial charge in [-0.1, -0.05) is 42.4 Å². The van der Waals surface area contributed by atoms with Crippen LogP contribution in [0.4, 0.5) is 5.13 Å². The average Bonchev–Trinajstić information content (AvgIpc) is 3.29. The molecule has 3 rings (SSSR count). The molecule has 0 saturated heterocycles. The minimum absolute atomic E-state index is 0.00965. The van der Waals surface area contributed by atoms with E-state index in [0.717, 1.165) is 23.7 Å². The van der Waals surface area contributed by atoms with E-state index in [0.29, 0.717) is 16.8 Å². The topological polar surface area (TPSA) is 75.2 Å². The molecule has 8 heteroatoms. The maximum Gasteiger partial charge on any atom is 0.230 e. The van der Waals surface area contributed by atoms with Crippen molar-refractivity contribution < 1.29 is 9.59 Å². The zero-order valence-electron chi connectivity index (χ0n) is 14.0. The van der Waals surface area contributed by atoms with E-state index in [2.05, 4.69) is 15.5 Å². The van der Waals surface area contributed by atoms with Gasteiger partial charge in [0.15, 0.2) is 4.34 Å². The van der Waals surface area contributed by atoms with Crippen LogP contribution in [0.2, 0.25) is 0 Å². The second-order valence-electron chi connectivity index (χ2n) is 6.57. The van der Waals surface area contributed by atoms with Crippen LogP contribution in [0.1, 0.15) is 51.9 Å². The van der Waals surface area contributed by atoms with Gasteiger partial charge in [0, 0.05) is 19.5 Å². The molecule has 6 nitrogen and oxygen atoms in total. The fourth-order valence-corrected chi connectivity index (χ4v) is 4.85. The summed E-state index contributed by atoms with van der Waals surface area (Å²) in [6.07, 6.45) is 8.44. The Morgan fingerprint density at radius 1 is 1.21 bits per heavy atom. The van der Waals surface area contributed by atoms with Crippen LogP contribution in [0.3, 0.4) is 0 Å². The zero-order chi connectivity index (χ0) is 16.9. The second kappa shape index (κ2) is 8.29. The number of rotatable bonds is 7. The number of nitrogens with one attached hydrogen (secondary N) is 1. The summed E-state index contributed by atoms with van der Waals surface area (Å²) in [5.41, 5.74) is 0. The van der Waals surface area contributed by atoms with Crippen molar-refractivity contribution in [2.75, 3.05) is 17.2 Å². The first-order chi connectivity index (χ1) is 11.6. The molecule has 0 radical (unpaired) electrons. The molecule has 24 heavy (non-hydrogen) atoms. The monoisotopic (exact) mass is 368 g/mol. The lowest BCUT2D eigenvalue weighted by Crippen LogP contribution is -2.31. The van der Waals surface area contributed by atoms with Crippen molar-refractivity contribution in [2.24, 2.45) is 5.92 Å². The van der Waals surface area contributed by atoms with Crippen molar-refractivity contribution in [2.45, 2.75) is 62.3 Å². The summed E-state index contributed by atoms with van der Waals surface area (Å²) in [4.78, 5) is 25.4. The number of thioether (sulfide) groups is 1. The third-order valence-electron chi connectivity index (χ3n) is 4.49. The summed E-state index contributed by atoms with van der Waals surface area (Å²) in [6, 6.07) is 0.284. The van der Waals surface area contributed by atoms with E-state index in [-0.39, 0.29) is 17.9 Å². The molecule has 2 saturated carbocycles. The molecule has 0 bridgehead atoms. The van der Waals surface area contributed by atoms with Crippen LogP contribution in [0.5, 0.6) is 0 Å². The molecule has 2 fully saturated rings. The highest BCUT2D eigenvalue weighted by atomic mass is 32.2. The lowest BCUT2D eigenvalue weighted by molar-refractivity contribution is -0.119. The van der Waals surface area contributed by atoms with Crippen molar-refractivity contribution in [1.82, 2.24) is 15.5 Å². The van der Waals surface area contributed by atoms with Gasteiger partial charge in [-0.3, -0.25) is 14.5 Å². The van der Waals surface area contributed by atoms with Crippen LogP contribution >= 0.6 is 23.1 Å². The van der Waals surface area contributed by atoms with Gasteiger partial charge < -0.3 is 5.32 Å². The second-order valence-corrected chi connectivity index (χ2v) is 8.75. The fourth-order valence-electron chi connectivity index (χ4n) is 3.07. The van der Waals surface area contributed by atoms with Gasteiger partial charge in [-0.15, -0.1) is 10.2 Å². The van der Waals surface area contributed by atoms with Crippen LogP contribution < -0.4 is 10.2 Å². The van der Waals surface area contributed by atoms with Crippen LogP contribution in [0.25, 0.3) is 0 Å². The first kappa shape index (κ1) is 17.7. The highest BCUT2D eigenvalue weighted by Gasteiger charge is 2.34. The molecule has 0 aromatic carbocycles. The van der Waals surface area contributed by atoms with E-state index in [4.69, 9.17) is 0 Å². The number of hydrogen-bond acceptors (Lipinski definition) is 6. The molecule has 2 aliphatic rings. The van der Waals surface area contributed by atoms with Crippen LogP contribution in [-0.2, 0) is 9.59 Å². The van der Waals surface area contributed by atoms with E-state index in [1.807, 2.05) is 0 Å². The number of anilines is 1. The molecule has 0 atom stereocenters. The average molecular weight is 369 g/mol. The lowest BCUT2D eigenvalue weighted by atomic mass is 9.89. The maximum absolute atomic E-state index is 12.0. The number of nitrogens with zero attached hydrogens (tertiary/aromatic N) is 3. The first-order valence-electron chi connectivity index (χ1n) is 8.66. The predicted octanol–water partition coefficient (Wildman–Crippen LogP) is 2.84. The van der Waals surface area contributed by atoms with Crippen molar-refractivity contribution in [1.29, 1.82) is 0 Å². The molecule has 1 N–H and O–H groups in total. The summed E-state index contributed by atoms with van der Waals surface area (Å²) >= 11 is 2.78. The smallest absolute Gasteiger partial charge is 0.230 e. The number of amides is 2. The Morgan fingerprint density at radius 2 is 1.96 bits per heavy atom. The first-order valence-corrected chi connectivity index (χ1v) is 10.5. The summed E-state index contributed by atoms with van der Waals surface area (Å²) < 4.78 is 0.740. The molecule has 1 heterocycles. The predicted molar refractivity (Wildman–Crippen MR) is 96.4 cm³/mol. The molecule has 0 aliphatic heterocycles. The molecule has 1 aromatic heterocycles. The van der Waals surface area contributed by atoms with Gasteiger partial charge in [0.2, 0.25) is 16.9 Å². The van der Waals surface area contributed by atoms with Crippen molar-refractivity contribution in [3.63, 3.8) is 0 Å². The quantitative estimate of drug-likeness (QED) is 0.592. The van der Waals surface area contributed by atoms with Crippen molar-refractivity contribution in [3.8, 4) is 0 Å². The van der Waals surface area contributed by atoms with E-state index < -0.39 is 0 Å². The zero-order valence-corrected chi connectivity index (χ0v) is 15.6. The molecule has 2 aliphatic carbocycles. The number of hydrogen-bond donors (Lipinski definition) is 1. The van der Waals surface area contributed by atoms with E-state index in [9.17, 15) is 9.59 Å². The lowest BCUT2D eigenvalue weighted by Gasteiger charge is -2.21. The molecule has 2 amide bonds. The molecule has 1 aromatic rings. The van der Waals surface area contributed by atoms with Gasteiger partial charge in [0.1, 0.15) is 0 Å². The van der Waals surface area contributed by atoms with Gasteiger partial charge >= 0.3 is 0 Å².